The fourth-order valence-electron chi connectivity index (χ4n) is 2.95. The molecule has 0 aromatic carbocycles. The average Bonchev–Trinajstić information content (AvgIpc) is 3.33. The molecule has 0 bridgehead atoms. The number of piperazine rings is 1. The molecule has 2 N–H and O–H groups in total. The molecule has 0 radical (unpaired) electrons. The van der Waals surface area contributed by atoms with Gasteiger partial charge >= 0.3 is 0 Å². The van der Waals surface area contributed by atoms with Gasteiger partial charge in [0, 0.05) is 38.3 Å². The number of nitrogens with zero attached hydrogens (tertiary/aromatic N) is 5. The molecule has 1 aliphatic carbocycles. The zero-order valence-electron chi connectivity index (χ0n) is 12.7. The summed E-state index contributed by atoms with van der Waals surface area (Å²) in [5, 5.41) is 4.07. The van der Waals surface area contributed by atoms with E-state index in [-0.39, 0.29) is 5.92 Å². The highest BCUT2D eigenvalue weighted by Gasteiger charge is 2.34. The second-order valence-corrected chi connectivity index (χ2v) is 6.06. The van der Waals surface area contributed by atoms with E-state index in [0.29, 0.717) is 30.2 Å². The van der Waals surface area contributed by atoms with Crippen molar-refractivity contribution in [2.45, 2.75) is 12.8 Å². The maximum Gasteiger partial charge on any atom is 0.254 e. The van der Waals surface area contributed by atoms with Crippen LogP contribution in [0.25, 0.3) is 5.65 Å². The lowest BCUT2D eigenvalue weighted by molar-refractivity contribution is -0.132. The fraction of sp³-hybridized carbons (Fsp3) is 0.467. The van der Waals surface area contributed by atoms with Gasteiger partial charge in [-0.25, -0.2) is 9.50 Å². The predicted molar refractivity (Wildman–Crippen MR) is 83.0 cm³/mol. The monoisotopic (exact) mass is 314 g/mol. The molecule has 1 saturated carbocycles. The first-order valence-electron chi connectivity index (χ1n) is 7.81. The van der Waals surface area contributed by atoms with Gasteiger partial charge in [-0.05, 0) is 18.9 Å². The lowest BCUT2D eigenvalue weighted by atomic mass is 10.2. The quantitative estimate of drug-likeness (QED) is 0.852. The molecule has 2 aliphatic rings. The van der Waals surface area contributed by atoms with E-state index in [0.717, 1.165) is 31.7 Å². The van der Waals surface area contributed by atoms with Crippen molar-refractivity contribution < 1.29 is 9.59 Å². The molecule has 4 rings (SSSR count). The first kappa shape index (κ1) is 14.0. The van der Waals surface area contributed by atoms with Crippen molar-refractivity contribution >= 4 is 23.3 Å². The Balaban J connectivity index is 1.52. The molecule has 1 saturated heterocycles. The Morgan fingerprint density at radius 1 is 1.17 bits per heavy atom. The van der Waals surface area contributed by atoms with Gasteiger partial charge in [0.2, 0.25) is 5.91 Å². The number of fused-ring (bicyclic) bond motifs is 1. The minimum atomic E-state index is -0.538. The molecule has 0 spiro atoms. The number of aromatic nitrogens is 3. The van der Waals surface area contributed by atoms with Crippen LogP contribution >= 0.6 is 0 Å². The number of amides is 2. The molecule has 1 aliphatic heterocycles. The number of anilines is 1. The first-order chi connectivity index (χ1) is 11.1. The van der Waals surface area contributed by atoms with Crippen LogP contribution in [-0.4, -0.2) is 57.5 Å². The molecule has 0 atom stereocenters. The number of carbonyl (C=O) groups excluding carboxylic acids is 2. The van der Waals surface area contributed by atoms with E-state index in [1.54, 1.807) is 6.20 Å². The van der Waals surface area contributed by atoms with Crippen LogP contribution in [0, 0.1) is 5.92 Å². The fourth-order valence-corrected chi connectivity index (χ4v) is 2.95. The van der Waals surface area contributed by atoms with E-state index in [9.17, 15) is 9.59 Å². The third-order valence-corrected chi connectivity index (χ3v) is 4.46. The maximum atomic E-state index is 12.1. The summed E-state index contributed by atoms with van der Waals surface area (Å²) in [5.41, 5.74) is 6.13. The Morgan fingerprint density at radius 3 is 2.57 bits per heavy atom. The number of rotatable bonds is 3. The van der Waals surface area contributed by atoms with Gasteiger partial charge in [-0.2, -0.15) is 5.10 Å². The highest BCUT2D eigenvalue weighted by molar-refractivity contribution is 5.98. The Labute approximate surface area is 132 Å². The highest BCUT2D eigenvalue weighted by Crippen LogP contribution is 2.31. The Kier molecular flexibility index (Phi) is 3.17. The summed E-state index contributed by atoms with van der Waals surface area (Å²) < 4.78 is 1.54. The van der Waals surface area contributed by atoms with E-state index < -0.39 is 5.91 Å². The van der Waals surface area contributed by atoms with Gasteiger partial charge in [0.1, 0.15) is 11.4 Å². The van der Waals surface area contributed by atoms with Crippen LogP contribution in [0.2, 0.25) is 0 Å². The number of nitrogens with two attached hydrogens (primary N) is 1. The van der Waals surface area contributed by atoms with Crippen LogP contribution in [0.15, 0.2) is 18.5 Å². The summed E-state index contributed by atoms with van der Waals surface area (Å²) in [5.74, 6) is 0.796. The van der Waals surface area contributed by atoms with Crippen LogP contribution in [-0.2, 0) is 4.79 Å². The predicted octanol–water partition coefficient (Wildman–Crippen LogP) is -0.113. The van der Waals surface area contributed by atoms with Crippen LogP contribution in [0.3, 0.4) is 0 Å². The van der Waals surface area contributed by atoms with Crippen molar-refractivity contribution in [1.82, 2.24) is 19.5 Å². The molecule has 2 amide bonds. The SMILES string of the molecule is NC(=O)c1cnn2ccc(N3CCN(C(=O)C4CC4)CC3)nc12. The molecule has 2 aromatic heterocycles. The van der Waals surface area contributed by atoms with Gasteiger partial charge in [-0.15, -0.1) is 0 Å². The summed E-state index contributed by atoms with van der Waals surface area (Å²) in [6.45, 7) is 2.90. The maximum absolute atomic E-state index is 12.1. The van der Waals surface area contributed by atoms with Crippen LogP contribution < -0.4 is 10.6 Å². The van der Waals surface area contributed by atoms with Gasteiger partial charge in [-0.1, -0.05) is 0 Å². The van der Waals surface area contributed by atoms with E-state index in [1.165, 1.54) is 10.7 Å². The molecule has 0 unspecified atom stereocenters. The van der Waals surface area contributed by atoms with Gasteiger partial charge in [-0.3, -0.25) is 9.59 Å². The van der Waals surface area contributed by atoms with Crippen LogP contribution in [0.1, 0.15) is 23.2 Å². The van der Waals surface area contributed by atoms with Gasteiger partial charge in [0.15, 0.2) is 5.65 Å². The molecule has 2 fully saturated rings. The molecule has 120 valence electrons. The molecular weight excluding hydrogens is 296 g/mol. The second kappa shape index (κ2) is 5.22. The summed E-state index contributed by atoms with van der Waals surface area (Å²) in [6.07, 6.45) is 5.27. The molecule has 2 aromatic rings. The lowest BCUT2D eigenvalue weighted by Gasteiger charge is -2.35. The van der Waals surface area contributed by atoms with E-state index in [2.05, 4.69) is 15.0 Å². The van der Waals surface area contributed by atoms with Crippen molar-refractivity contribution in [2.75, 3.05) is 31.1 Å². The zero-order valence-corrected chi connectivity index (χ0v) is 12.7. The summed E-state index contributed by atoms with van der Waals surface area (Å²) in [4.78, 5) is 32.1. The van der Waals surface area contributed by atoms with Crippen LogP contribution in [0.4, 0.5) is 5.82 Å². The third kappa shape index (κ3) is 2.49. The number of hydrogen-bond donors (Lipinski definition) is 1. The Morgan fingerprint density at radius 2 is 1.91 bits per heavy atom. The van der Waals surface area contributed by atoms with Gasteiger partial charge in [0.25, 0.3) is 5.91 Å². The normalized spacial score (nSPS) is 18.4. The third-order valence-electron chi connectivity index (χ3n) is 4.46. The minimum Gasteiger partial charge on any atom is -0.365 e. The van der Waals surface area contributed by atoms with Crippen molar-refractivity contribution in [1.29, 1.82) is 0 Å². The van der Waals surface area contributed by atoms with Gasteiger partial charge in [0.05, 0.1) is 6.20 Å². The van der Waals surface area contributed by atoms with E-state index >= 15 is 0 Å². The first-order valence-corrected chi connectivity index (χ1v) is 7.81. The smallest absolute Gasteiger partial charge is 0.254 e. The summed E-state index contributed by atoms with van der Waals surface area (Å²) >= 11 is 0. The van der Waals surface area contributed by atoms with Gasteiger partial charge < -0.3 is 15.5 Å². The standard InChI is InChI=1S/C15H18N6O2/c16-13(22)11-9-17-21-4-3-12(18-14(11)21)19-5-7-20(8-6-19)15(23)10-1-2-10/h3-4,9-10H,1-2,5-8H2,(H2,16,22). The number of hydrogen-bond acceptors (Lipinski definition) is 5. The Hall–Kier alpha value is -2.64. The number of carbonyl (C=O) groups is 2. The molecular formula is C15H18N6O2. The van der Waals surface area contributed by atoms with Crippen molar-refractivity contribution in [3.05, 3.63) is 24.0 Å². The molecule has 23 heavy (non-hydrogen) atoms. The lowest BCUT2D eigenvalue weighted by Crippen LogP contribution is -2.49. The zero-order chi connectivity index (χ0) is 16.0. The van der Waals surface area contributed by atoms with Crippen LogP contribution in [0.5, 0.6) is 0 Å². The summed E-state index contributed by atoms with van der Waals surface area (Å²) in [7, 11) is 0. The molecule has 8 nitrogen and oxygen atoms in total. The highest BCUT2D eigenvalue weighted by atomic mass is 16.2. The average molecular weight is 314 g/mol. The summed E-state index contributed by atoms with van der Waals surface area (Å²) in [6, 6.07) is 1.86. The van der Waals surface area contributed by atoms with Crippen molar-refractivity contribution in [3.8, 4) is 0 Å². The number of primary amides is 1. The van der Waals surface area contributed by atoms with Crippen molar-refractivity contribution in [3.63, 3.8) is 0 Å². The largest absolute Gasteiger partial charge is 0.365 e. The van der Waals surface area contributed by atoms with Crippen molar-refractivity contribution in [2.24, 2.45) is 11.7 Å². The molecule has 3 heterocycles. The minimum absolute atomic E-state index is 0.265. The second-order valence-electron chi connectivity index (χ2n) is 6.06. The molecule has 8 heteroatoms. The topological polar surface area (TPSA) is 96.8 Å². The van der Waals surface area contributed by atoms with E-state index in [1.807, 2.05) is 11.0 Å². The van der Waals surface area contributed by atoms with E-state index in [4.69, 9.17) is 5.73 Å². The Bertz CT molecular complexity index is 773.